The average Bonchev–Trinajstić information content (AvgIpc) is 2.93. The van der Waals surface area contributed by atoms with Crippen molar-refractivity contribution in [1.29, 1.82) is 5.26 Å². The van der Waals surface area contributed by atoms with Gasteiger partial charge < -0.3 is 9.32 Å². The lowest BCUT2D eigenvalue weighted by atomic mass is 10.1. The summed E-state index contributed by atoms with van der Waals surface area (Å²) in [7, 11) is 0.224. The summed E-state index contributed by atoms with van der Waals surface area (Å²) in [4.78, 5) is 17.8. The van der Waals surface area contributed by atoms with E-state index in [0.29, 0.717) is 23.9 Å². The lowest BCUT2D eigenvalue weighted by Crippen LogP contribution is -2.31. The standard InChI is InChI=1S/C18H21N3O3S/c1-13-6-4-7-15(10-13)18-20-16(14(2)24-18)11-25(23)12-17(22)21(3)9-5-8-19/h4,6-7,10H,5,9,11-12H2,1-3H3. The fourth-order valence-electron chi connectivity index (χ4n) is 2.26. The Morgan fingerprint density at radius 3 is 2.84 bits per heavy atom. The number of amides is 1. The summed E-state index contributed by atoms with van der Waals surface area (Å²) in [6.45, 7) is 4.11. The van der Waals surface area contributed by atoms with Gasteiger partial charge in [-0.25, -0.2) is 4.98 Å². The van der Waals surface area contributed by atoms with Crippen molar-refractivity contribution in [3.8, 4) is 17.5 Å². The number of hydrogen-bond donors (Lipinski definition) is 0. The van der Waals surface area contributed by atoms with E-state index in [1.54, 1.807) is 14.0 Å². The summed E-state index contributed by atoms with van der Waals surface area (Å²) in [5.41, 5.74) is 2.57. The summed E-state index contributed by atoms with van der Waals surface area (Å²) >= 11 is 0. The molecule has 0 radical (unpaired) electrons. The smallest absolute Gasteiger partial charge is 0.234 e. The maximum Gasteiger partial charge on any atom is 0.234 e. The zero-order valence-corrected chi connectivity index (χ0v) is 15.4. The Balaban J connectivity index is 2.02. The normalized spacial score (nSPS) is 11.8. The van der Waals surface area contributed by atoms with Crippen molar-refractivity contribution in [3.63, 3.8) is 0 Å². The van der Waals surface area contributed by atoms with E-state index in [1.807, 2.05) is 37.3 Å². The predicted octanol–water partition coefficient (Wildman–Crippen LogP) is 2.58. The van der Waals surface area contributed by atoms with Gasteiger partial charge in [0.2, 0.25) is 11.8 Å². The second kappa shape index (κ2) is 8.58. The number of nitriles is 1. The molecule has 2 aromatic rings. The number of hydrogen-bond acceptors (Lipinski definition) is 5. The van der Waals surface area contributed by atoms with Crippen LogP contribution >= 0.6 is 0 Å². The average molecular weight is 359 g/mol. The van der Waals surface area contributed by atoms with Crippen molar-refractivity contribution in [3.05, 3.63) is 41.3 Å². The number of benzene rings is 1. The highest BCUT2D eigenvalue weighted by molar-refractivity contribution is 7.84. The molecule has 1 amide bonds. The summed E-state index contributed by atoms with van der Waals surface area (Å²) < 4.78 is 18.0. The van der Waals surface area contributed by atoms with Crippen LogP contribution in [0.25, 0.3) is 11.5 Å². The molecule has 0 spiro atoms. The van der Waals surface area contributed by atoms with Gasteiger partial charge >= 0.3 is 0 Å². The lowest BCUT2D eigenvalue weighted by Gasteiger charge is -2.14. The Bertz CT molecular complexity index is 823. The first-order valence-corrected chi connectivity index (χ1v) is 9.38. The molecule has 0 saturated heterocycles. The molecule has 1 unspecified atom stereocenters. The maximum absolute atomic E-state index is 12.3. The fourth-order valence-corrected chi connectivity index (χ4v) is 3.43. The third-order valence-corrected chi connectivity index (χ3v) is 4.89. The number of carbonyl (C=O) groups excluding carboxylic acids is 1. The molecule has 0 saturated carbocycles. The van der Waals surface area contributed by atoms with Crippen molar-refractivity contribution in [2.24, 2.45) is 0 Å². The molecule has 0 aliphatic rings. The Morgan fingerprint density at radius 1 is 1.40 bits per heavy atom. The largest absolute Gasteiger partial charge is 0.441 e. The summed E-state index contributed by atoms with van der Waals surface area (Å²) in [5, 5.41) is 8.55. The fraction of sp³-hybridized carbons (Fsp3) is 0.389. The van der Waals surface area contributed by atoms with Crippen LogP contribution < -0.4 is 0 Å². The van der Waals surface area contributed by atoms with E-state index in [4.69, 9.17) is 9.68 Å². The van der Waals surface area contributed by atoms with Gasteiger partial charge in [0.1, 0.15) is 11.5 Å². The van der Waals surface area contributed by atoms with Gasteiger partial charge in [0.05, 0.1) is 23.9 Å². The van der Waals surface area contributed by atoms with Crippen molar-refractivity contribution < 1.29 is 13.4 Å². The minimum absolute atomic E-state index is 0.0893. The molecule has 1 heterocycles. The van der Waals surface area contributed by atoms with Gasteiger partial charge in [0, 0.05) is 30.0 Å². The first-order valence-electron chi connectivity index (χ1n) is 7.90. The highest BCUT2D eigenvalue weighted by Crippen LogP contribution is 2.23. The second-order valence-corrected chi connectivity index (χ2v) is 7.30. The predicted molar refractivity (Wildman–Crippen MR) is 96.0 cm³/mol. The van der Waals surface area contributed by atoms with E-state index >= 15 is 0 Å². The van der Waals surface area contributed by atoms with Gasteiger partial charge in [-0.1, -0.05) is 17.7 Å². The lowest BCUT2D eigenvalue weighted by molar-refractivity contribution is -0.127. The van der Waals surface area contributed by atoms with Gasteiger partial charge in [0.25, 0.3) is 0 Å². The second-order valence-electron chi connectivity index (χ2n) is 5.84. The minimum atomic E-state index is -1.38. The maximum atomic E-state index is 12.3. The van der Waals surface area contributed by atoms with E-state index in [9.17, 15) is 9.00 Å². The highest BCUT2D eigenvalue weighted by Gasteiger charge is 2.17. The molecule has 1 atom stereocenters. The SMILES string of the molecule is Cc1cccc(-c2nc(CS(=O)CC(=O)N(C)CCC#N)c(C)o2)c1. The zero-order chi connectivity index (χ0) is 18.4. The van der Waals surface area contributed by atoms with E-state index in [0.717, 1.165) is 11.1 Å². The molecule has 0 N–H and O–H groups in total. The number of aromatic nitrogens is 1. The van der Waals surface area contributed by atoms with Crippen LogP contribution in [0, 0.1) is 25.2 Å². The quantitative estimate of drug-likeness (QED) is 0.758. The Morgan fingerprint density at radius 2 is 2.16 bits per heavy atom. The number of nitrogens with zero attached hydrogens (tertiary/aromatic N) is 3. The van der Waals surface area contributed by atoms with Gasteiger partial charge in [-0.05, 0) is 26.0 Å². The highest BCUT2D eigenvalue weighted by atomic mass is 32.2. The van der Waals surface area contributed by atoms with Crippen LogP contribution in [-0.2, 0) is 21.3 Å². The molecule has 1 aromatic carbocycles. The molecule has 1 aromatic heterocycles. The van der Waals surface area contributed by atoms with Crippen molar-refractivity contribution in [1.82, 2.24) is 9.88 Å². The van der Waals surface area contributed by atoms with E-state index < -0.39 is 10.8 Å². The van der Waals surface area contributed by atoms with Crippen molar-refractivity contribution in [2.45, 2.75) is 26.0 Å². The van der Waals surface area contributed by atoms with Crippen molar-refractivity contribution >= 4 is 16.7 Å². The minimum Gasteiger partial charge on any atom is -0.441 e. The molecule has 6 nitrogen and oxygen atoms in total. The van der Waals surface area contributed by atoms with Gasteiger partial charge in [-0.15, -0.1) is 0 Å². The summed E-state index contributed by atoms with van der Waals surface area (Å²) in [5.74, 6) is 0.932. The topological polar surface area (TPSA) is 87.2 Å². The van der Waals surface area contributed by atoms with Crippen LogP contribution in [0.15, 0.2) is 28.7 Å². The molecule has 0 bridgehead atoms. The van der Waals surface area contributed by atoms with E-state index in [2.05, 4.69) is 4.98 Å². The third kappa shape index (κ3) is 5.26. The third-order valence-electron chi connectivity index (χ3n) is 3.72. The molecule has 2 rings (SSSR count). The molecule has 132 valence electrons. The number of aryl methyl sites for hydroxylation is 2. The van der Waals surface area contributed by atoms with Crippen LogP contribution in [0.2, 0.25) is 0 Å². The first kappa shape index (κ1) is 18.9. The molecule has 0 fully saturated rings. The number of carbonyl (C=O) groups is 1. The summed E-state index contributed by atoms with van der Waals surface area (Å²) in [6.07, 6.45) is 0.261. The zero-order valence-electron chi connectivity index (χ0n) is 14.6. The molecule has 0 aliphatic carbocycles. The van der Waals surface area contributed by atoms with Crippen LogP contribution in [0.1, 0.15) is 23.4 Å². The Kier molecular flexibility index (Phi) is 6.48. The number of oxazole rings is 1. The van der Waals surface area contributed by atoms with Crippen LogP contribution in [-0.4, -0.2) is 39.3 Å². The first-order chi connectivity index (χ1) is 11.9. The van der Waals surface area contributed by atoms with E-state index in [1.165, 1.54) is 4.90 Å². The van der Waals surface area contributed by atoms with Crippen molar-refractivity contribution in [2.75, 3.05) is 19.3 Å². The van der Waals surface area contributed by atoms with Gasteiger partial charge in [-0.3, -0.25) is 9.00 Å². The molecule has 0 aliphatic heterocycles. The number of rotatable bonds is 7. The summed E-state index contributed by atoms with van der Waals surface area (Å²) in [6, 6.07) is 9.78. The van der Waals surface area contributed by atoms with Crippen LogP contribution in [0.4, 0.5) is 0 Å². The molecule has 25 heavy (non-hydrogen) atoms. The van der Waals surface area contributed by atoms with Gasteiger partial charge in [-0.2, -0.15) is 5.26 Å². The molecular formula is C18H21N3O3S. The Labute approximate surface area is 149 Å². The van der Waals surface area contributed by atoms with E-state index in [-0.39, 0.29) is 23.8 Å². The molecule has 7 heteroatoms. The Hall–Kier alpha value is -2.46. The van der Waals surface area contributed by atoms with Crippen LogP contribution in [0.3, 0.4) is 0 Å². The molecular weight excluding hydrogens is 338 g/mol. The van der Waals surface area contributed by atoms with Gasteiger partial charge in [0.15, 0.2) is 0 Å². The van der Waals surface area contributed by atoms with Crippen LogP contribution in [0.5, 0.6) is 0 Å². The monoisotopic (exact) mass is 359 g/mol.